The van der Waals surface area contributed by atoms with Crippen molar-refractivity contribution >= 4 is 11.9 Å². The highest BCUT2D eigenvalue weighted by Crippen LogP contribution is 2.40. The number of hydrogen-bond donors (Lipinski definition) is 2. The van der Waals surface area contributed by atoms with Gasteiger partial charge in [0.05, 0.1) is 11.3 Å². The predicted molar refractivity (Wildman–Crippen MR) is 65.9 cm³/mol. The summed E-state index contributed by atoms with van der Waals surface area (Å²) in [4.78, 5) is 26.2. The Morgan fingerprint density at radius 1 is 1.19 bits per heavy atom. The molecule has 0 unspecified atom stereocenters. The van der Waals surface area contributed by atoms with Crippen LogP contribution in [-0.4, -0.2) is 27.1 Å². The number of nitrogens with zero attached hydrogens (tertiary/aromatic N) is 1. The van der Waals surface area contributed by atoms with Gasteiger partial charge in [-0.1, -0.05) is 13.8 Å². The third kappa shape index (κ3) is 2.70. The minimum Gasteiger partial charge on any atom is -0.480 e. The normalized spacial score (nSPS) is 12.2. The van der Waals surface area contributed by atoms with Crippen molar-refractivity contribution in [3.63, 3.8) is 0 Å². The van der Waals surface area contributed by atoms with Gasteiger partial charge in [-0.15, -0.1) is 0 Å². The highest BCUT2D eigenvalue weighted by Gasteiger charge is 2.53. The zero-order chi connectivity index (χ0) is 16.4. The third-order valence-electron chi connectivity index (χ3n) is 3.37. The van der Waals surface area contributed by atoms with Crippen molar-refractivity contribution in [2.45, 2.75) is 38.3 Å². The lowest BCUT2D eigenvalue weighted by atomic mass is 9.78. The Hall–Kier alpha value is -2.12. The van der Waals surface area contributed by atoms with Crippen LogP contribution >= 0.6 is 0 Å². The largest absolute Gasteiger partial charge is 0.480 e. The van der Waals surface area contributed by atoms with Gasteiger partial charge in [-0.3, -0.25) is 14.6 Å². The van der Waals surface area contributed by atoms with E-state index in [4.69, 9.17) is 0 Å². The monoisotopic (exact) mass is 305 g/mol. The standard InChI is InChI=1S/C13H14F3NO4/c1-3-7-5-6-17-9(8(7)13(14,15)16)12(4-2,10(18)19)11(20)21/h5-6H,3-4H2,1-2H3,(H,18,19)(H,20,21). The van der Waals surface area contributed by atoms with E-state index in [2.05, 4.69) is 4.98 Å². The number of rotatable bonds is 5. The number of halogens is 3. The Balaban J connectivity index is 3.84. The summed E-state index contributed by atoms with van der Waals surface area (Å²) in [6.07, 6.45) is -4.47. The van der Waals surface area contributed by atoms with E-state index in [0.717, 1.165) is 12.3 Å². The van der Waals surface area contributed by atoms with Crippen molar-refractivity contribution in [3.05, 3.63) is 29.1 Å². The fraction of sp³-hybridized carbons (Fsp3) is 0.462. The second kappa shape index (κ2) is 5.71. The molecule has 0 bridgehead atoms. The van der Waals surface area contributed by atoms with Crippen LogP contribution < -0.4 is 0 Å². The van der Waals surface area contributed by atoms with Gasteiger partial charge in [0.25, 0.3) is 0 Å². The molecule has 116 valence electrons. The quantitative estimate of drug-likeness (QED) is 0.816. The smallest absolute Gasteiger partial charge is 0.418 e. The van der Waals surface area contributed by atoms with Crippen LogP contribution in [0.5, 0.6) is 0 Å². The molecular weight excluding hydrogens is 291 g/mol. The number of carboxylic acid groups (broad SMARTS) is 2. The maximum Gasteiger partial charge on any atom is 0.418 e. The molecule has 5 nitrogen and oxygen atoms in total. The summed E-state index contributed by atoms with van der Waals surface area (Å²) in [5, 5.41) is 18.4. The molecule has 1 heterocycles. The summed E-state index contributed by atoms with van der Waals surface area (Å²) in [5.41, 5.74) is -5.17. The van der Waals surface area contributed by atoms with Crippen LogP contribution in [0.2, 0.25) is 0 Å². The van der Waals surface area contributed by atoms with E-state index in [1.165, 1.54) is 13.8 Å². The van der Waals surface area contributed by atoms with Crippen LogP contribution in [0, 0.1) is 0 Å². The molecule has 0 spiro atoms. The fourth-order valence-corrected chi connectivity index (χ4v) is 2.20. The lowest BCUT2D eigenvalue weighted by Gasteiger charge is -2.27. The highest BCUT2D eigenvalue weighted by atomic mass is 19.4. The molecule has 8 heteroatoms. The van der Waals surface area contributed by atoms with Crippen LogP contribution in [0.15, 0.2) is 12.3 Å². The molecule has 0 saturated heterocycles. The van der Waals surface area contributed by atoms with Gasteiger partial charge in [-0.25, -0.2) is 0 Å². The van der Waals surface area contributed by atoms with Crippen LogP contribution in [0.3, 0.4) is 0 Å². The molecule has 0 atom stereocenters. The summed E-state index contributed by atoms with van der Waals surface area (Å²) in [6.45, 7) is 2.66. The number of carboxylic acids is 2. The Kier molecular flexibility index (Phi) is 4.60. The second-order valence-electron chi connectivity index (χ2n) is 4.41. The summed E-state index contributed by atoms with van der Waals surface area (Å²) < 4.78 is 39.8. The SMILES string of the molecule is CCc1ccnc(C(CC)(C(=O)O)C(=O)O)c1C(F)(F)F. The van der Waals surface area contributed by atoms with Crippen molar-refractivity contribution < 1.29 is 33.0 Å². The van der Waals surface area contributed by atoms with E-state index in [0.29, 0.717) is 0 Å². The van der Waals surface area contributed by atoms with Crippen LogP contribution in [0.4, 0.5) is 13.2 Å². The van der Waals surface area contributed by atoms with Crippen molar-refractivity contribution in [3.8, 4) is 0 Å². The molecule has 0 saturated carbocycles. The number of alkyl halides is 3. The van der Waals surface area contributed by atoms with Gasteiger partial charge in [-0.05, 0) is 24.5 Å². The van der Waals surface area contributed by atoms with E-state index >= 15 is 0 Å². The average Bonchev–Trinajstić information content (AvgIpc) is 2.37. The molecule has 0 aliphatic rings. The second-order valence-corrected chi connectivity index (χ2v) is 4.41. The molecule has 0 fully saturated rings. The predicted octanol–water partition coefficient (Wildman–Crippen LogP) is 2.48. The number of aromatic nitrogens is 1. The lowest BCUT2D eigenvalue weighted by Crippen LogP contribution is -2.45. The zero-order valence-electron chi connectivity index (χ0n) is 11.4. The van der Waals surface area contributed by atoms with Gasteiger partial charge in [0.2, 0.25) is 5.41 Å². The van der Waals surface area contributed by atoms with E-state index in [-0.39, 0.29) is 12.0 Å². The Morgan fingerprint density at radius 3 is 2.05 bits per heavy atom. The molecule has 21 heavy (non-hydrogen) atoms. The topological polar surface area (TPSA) is 87.5 Å². The number of carbonyl (C=O) groups is 2. The van der Waals surface area contributed by atoms with Crippen LogP contribution in [-0.2, 0) is 27.6 Å². The van der Waals surface area contributed by atoms with Gasteiger partial charge in [0, 0.05) is 6.20 Å². The highest BCUT2D eigenvalue weighted by molar-refractivity contribution is 6.04. The Morgan fingerprint density at radius 2 is 1.71 bits per heavy atom. The molecule has 0 amide bonds. The van der Waals surface area contributed by atoms with Crippen LogP contribution in [0.25, 0.3) is 0 Å². The first-order chi connectivity index (χ1) is 9.62. The van der Waals surface area contributed by atoms with E-state index in [1.807, 2.05) is 0 Å². The molecule has 1 aromatic heterocycles. The Bertz CT molecular complexity index is 555. The lowest BCUT2D eigenvalue weighted by molar-refractivity contribution is -0.159. The zero-order valence-corrected chi connectivity index (χ0v) is 11.4. The molecule has 2 N–H and O–H groups in total. The molecule has 0 aliphatic heterocycles. The fourth-order valence-electron chi connectivity index (χ4n) is 2.20. The van der Waals surface area contributed by atoms with E-state index in [1.54, 1.807) is 0 Å². The third-order valence-corrected chi connectivity index (χ3v) is 3.37. The summed E-state index contributed by atoms with van der Waals surface area (Å²) in [6, 6.07) is 1.11. The maximum absolute atomic E-state index is 13.3. The van der Waals surface area contributed by atoms with Gasteiger partial charge >= 0.3 is 18.1 Å². The summed E-state index contributed by atoms with van der Waals surface area (Å²) in [5.74, 6) is -3.74. The van der Waals surface area contributed by atoms with Gasteiger partial charge in [0.15, 0.2) is 0 Å². The minimum atomic E-state index is -4.89. The van der Waals surface area contributed by atoms with Crippen LogP contribution in [0.1, 0.15) is 37.1 Å². The first kappa shape index (κ1) is 16.9. The van der Waals surface area contributed by atoms with Crippen molar-refractivity contribution in [1.82, 2.24) is 4.98 Å². The number of aryl methyl sites for hydroxylation is 1. The average molecular weight is 305 g/mol. The summed E-state index contributed by atoms with van der Waals surface area (Å²) >= 11 is 0. The number of aliphatic carboxylic acids is 2. The first-order valence-corrected chi connectivity index (χ1v) is 6.15. The molecule has 0 aromatic carbocycles. The Labute approximate surface area is 118 Å². The minimum absolute atomic E-state index is 0.0244. The maximum atomic E-state index is 13.3. The molecule has 0 aliphatic carbocycles. The van der Waals surface area contributed by atoms with E-state index in [9.17, 15) is 33.0 Å². The molecule has 1 aromatic rings. The number of hydrogen-bond acceptors (Lipinski definition) is 3. The van der Waals surface area contributed by atoms with Gasteiger partial charge in [-0.2, -0.15) is 13.2 Å². The van der Waals surface area contributed by atoms with Crippen molar-refractivity contribution in [2.24, 2.45) is 0 Å². The number of pyridine rings is 1. The van der Waals surface area contributed by atoms with Crippen molar-refractivity contribution in [1.29, 1.82) is 0 Å². The van der Waals surface area contributed by atoms with Crippen molar-refractivity contribution in [2.75, 3.05) is 0 Å². The van der Waals surface area contributed by atoms with Gasteiger partial charge in [0.1, 0.15) is 0 Å². The van der Waals surface area contributed by atoms with Gasteiger partial charge < -0.3 is 10.2 Å². The molecule has 1 rings (SSSR count). The van der Waals surface area contributed by atoms with E-state index < -0.39 is 41.2 Å². The first-order valence-electron chi connectivity index (χ1n) is 6.15. The summed E-state index contributed by atoms with van der Waals surface area (Å²) in [7, 11) is 0. The molecule has 0 radical (unpaired) electrons. The molecular formula is C13H14F3NO4.